The van der Waals surface area contributed by atoms with E-state index in [0.29, 0.717) is 25.5 Å². The predicted molar refractivity (Wildman–Crippen MR) is 101 cm³/mol. The number of aromatic nitrogens is 6. The van der Waals surface area contributed by atoms with Gasteiger partial charge in [-0.2, -0.15) is 14.5 Å². The van der Waals surface area contributed by atoms with Crippen LogP contribution in [-0.2, 0) is 23.6 Å². The second-order valence-corrected chi connectivity index (χ2v) is 9.03. The Labute approximate surface area is 162 Å². The summed E-state index contributed by atoms with van der Waals surface area (Å²) in [6, 6.07) is 5.03. The molecule has 1 aliphatic rings. The van der Waals surface area contributed by atoms with Crippen molar-refractivity contribution in [1.82, 2.24) is 33.6 Å². The Hall–Kier alpha value is -2.79. The summed E-state index contributed by atoms with van der Waals surface area (Å²) in [5, 5.41) is 12.7. The highest BCUT2D eigenvalue weighted by molar-refractivity contribution is 7.89. The van der Waals surface area contributed by atoms with Crippen LogP contribution in [0.25, 0.3) is 5.82 Å². The highest BCUT2D eigenvalue weighted by Gasteiger charge is 2.37. The van der Waals surface area contributed by atoms with Crippen LogP contribution in [0, 0.1) is 19.8 Å². The zero-order valence-corrected chi connectivity index (χ0v) is 16.7. The molecule has 1 aliphatic heterocycles. The topological polar surface area (TPSA) is 108 Å². The van der Waals surface area contributed by atoms with E-state index in [1.807, 2.05) is 19.9 Å². The molecule has 1 saturated heterocycles. The molecule has 0 aromatic carbocycles. The van der Waals surface area contributed by atoms with Gasteiger partial charge >= 0.3 is 0 Å². The van der Waals surface area contributed by atoms with Crippen LogP contribution in [0.4, 0.5) is 0 Å². The molecule has 4 rings (SSSR count). The SMILES string of the molecule is Cc1cc(C)n(-c2ccc(=O)n(CC3CN(S(=O)(=O)c4cnn(C)c4)C3)n2)n1. The van der Waals surface area contributed by atoms with Crippen LogP contribution in [-0.4, -0.2) is 55.2 Å². The van der Waals surface area contributed by atoms with Gasteiger partial charge in [-0.05, 0) is 26.0 Å². The van der Waals surface area contributed by atoms with Crippen molar-refractivity contribution in [3.8, 4) is 5.82 Å². The lowest BCUT2D eigenvalue weighted by Gasteiger charge is -2.37. The van der Waals surface area contributed by atoms with E-state index in [9.17, 15) is 13.2 Å². The molecular weight excluding hydrogens is 382 g/mol. The fourth-order valence-electron chi connectivity index (χ4n) is 3.30. The summed E-state index contributed by atoms with van der Waals surface area (Å²) < 4.78 is 31.0. The Kier molecular flexibility index (Phi) is 4.42. The van der Waals surface area contributed by atoms with E-state index in [-0.39, 0.29) is 16.4 Å². The second kappa shape index (κ2) is 6.67. The summed E-state index contributed by atoms with van der Waals surface area (Å²) in [5.74, 6) is 0.580. The molecule has 10 nitrogen and oxygen atoms in total. The maximum atomic E-state index is 12.5. The van der Waals surface area contributed by atoms with Gasteiger partial charge in [-0.15, -0.1) is 5.10 Å². The maximum Gasteiger partial charge on any atom is 0.266 e. The summed E-state index contributed by atoms with van der Waals surface area (Å²) >= 11 is 0. The fourth-order valence-corrected chi connectivity index (χ4v) is 4.88. The number of sulfonamides is 1. The van der Waals surface area contributed by atoms with Crippen molar-refractivity contribution in [3.63, 3.8) is 0 Å². The minimum atomic E-state index is -3.54. The summed E-state index contributed by atoms with van der Waals surface area (Å²) in [6.45, 7) is 4.85. The molecule has 0 amide bonds. The van der Waals surface area contributed by atoms with Gasteiger partial charge in [-0.3, -0.25) is 9.48 Å². The van der Waals surface area contributed by atoms with Gasteiger partial charge in [0.25, 0.3) is 5.56 Å². The van der Waals surface area contributed by atoms with Gasteiger partial charge in [0.2, 0.25) is 10.0 Å². The van der Waals surface area contributed by atoms with Crippen molar-refractivity contribution in [2.24, 2.45) is 13.0 Å². The van der Waals surface area contributed by atoms with Gasteiger partial charge in [0.15, 0.2) is 5.82 Å². The first kappa shape index (κ1) is 18.6. The highest BCUT2D eigenvalue weighted by atomic mass is 32.2. The molecule has 4 heterocycles. The zero-order chi connectivity index (χ0) is 20.1. The number of aryl methyl sites for hydroxylation is 3. The van der Waals surface area contributed by atoms with Crippen LogP contribution in [0.5, 0.6) is 0 Å². The lowest BCUT2D eigenvalue weighted by Crippen LogP contribution is -2.52. The Morgan fingerprint density at radius 1 is 1.18 bits per heavy atom. The van der Waals surface area contributed by atoms with Crippen molar-refractivity contribution in [3.05, 3.63) is 52.3 Å². The normalized spacial score (nSPS) is 15.7. The van der Waals surface area contributed by atoms with Gasteiger partial charge in [-0.25, -0.2) is 17.8 Å². The molecule has 0 aliphatic carbocycles. The van der Waals surface area contributed by atoms with Crippen LogP contribution in [0.3, 0.4) is 0 Å². The molecule has 0 spiro atoms. The van der Waals surface area contributed by atoms with Gasteiger partial charge in [-0.1, -0.05) is 0 Å². The second-order valence-electron chi connectivity index (χ2n) is 7.09. The van der Waals surface area contributed by atoms with Crippen molar-refractivity contribution in [1.29, 1.82) is 0 Å². The number of nitrogens with zero attached hydrogens (tertiary/aromatic N) is 7. The fraction of sp³-hybridized carbons (Fsp3) is 0.412. The first-order chi connectivity index (χ1) is 13.2. The molecule has 0 atom stereocenters. The lowest BCUT2D eigenvalue weighted by atomic mass is 10.0. The van der Waals surface area contributed by atoms with Crippen LogP contribution in [0.15, 0.2) is 40.3 Å². The Bertz CT molecular complexity index is 1190. The molecule has 11 heteroatoms. The van der Waals surface area contributed by atoms with Crippen molar-refractivity contribution >= 4 is 10.0 Å². The van der Waals surface area contributed by atoms with Gasteiger partial charge < -0.3 is 0 Å². The van der Waals surface area contributed by atoms with Gasteiger partial charge in [0.1, 0.15) is 4.90 Å². The molecule has 0 saturated carbocycles. The molecular formula is C17H21N7O3S. The average molecular weight is 403 g/mol. The van der Waals surface area contributed by atoms with Crippen LogP contribution in [0.1, 0.15) is 11.4 Å². The Balaban J connectivity index is 1.48. The zero-order valence-electron chi connectivity index (χ0n) is 15.8. The molecule has 3 aromatic rings. The van der Waals surface area contributed by atoms with Crippen LogP contribution >= 0.6 is 0 Å². The third-order valence-electron chi connectivity index (χ3n) is 4.75. The third kappa shape index (κ3) is 3.27. The molecule has 0 bridgehead atoms. The molecule has 0 N–H and O–H groups in total. The summed E-state index contributed by atoms with van der Waals surface area (Å²) in [4.78, 5) is 12.4. The third-order valence-corrected chi connectivity index (χ3v) is 6.54. The van der Waals surface area contributed by atoms with Crippen molar-refractivity contribution < 1.29 is 8.42 Å². The molecule has 0 radical (unpaired) electrons. The van der Waals surface area contributed by atoms with Crippen molar-refractivity contribution in [2.75, 3.05) is 13.1 Å². The minimum absolute atomic E-state index is 0.0207. The van der Waals surface area contributed by atoms with E-state index in [4.69, 9.17) is 0 Å². The molecule has 3 aromatic heterocycles. The minimum Gasteiger partial charge on any atom is -0.274 e. The van der Waals surface area contributed by atoms with Crippen LogP contribution in [0.2, 0.25) is 0 Å². The largest absolute Gasteiger partial charge is 0.274 e. The average Bonchev–Trinajstić information content (AvgIpc) is 3.17. The summed E-state index contributed by atoms with van der Waals surface area (Å²) in [6.07, 6.45) is 2.82. The Morgan fingerprint density at radius 3 is 2.54 bits per heavy atom. The quantitative estimate of drug-likeness (QED) is 0.598. The van der Waals surface area contributed by atoms with E-state index in [1.54, 1.807) is 17.8 Å². The van der Waals surface area contributed by atoms with E-state index in [2.05, 4.69) is 15.3 Å². The molecule has 0 unspecified atom stereocenters. The van der Waals surface area contributed by atoms with Crippen molar-refractivity contribution in [2.45, 2.75) is 25.3 Å². The lowest BCUT2D eigenvalue weighted by molar-refractivity contribution is 0.172. The molecule has 28 heavy (non-hydrogen) atoms. The van der Waals surface area contributed by atoms with E-state index in [1.165, 1.54) is 32.1 Å². The number of hydrogen-bond acceptors (Lipinski definition) is 6. The molecule has 1 fully saturated rings. The summed E-state index contributed by atoms with van der Waals surface area (Å²) in [5.41, 5.74) is 1.57. The standard InChI is InChI=1S/C17H21N7O3S/c1-12-6-13(2)24(19-12)16-4-5-17(25)23(20-16)10-14-8-22(9-14)28(26,27)15-7-18-21(3)11-15/h4-7,11,14H,8-10H2,1-3H3. The summed E-state index contributed by atoms with van der Waals surface area (Å²) in [7, 11) is -1.87. The van der Waals surface area contributed by atoms with Crippen LogP contribution < -0.4 is 5.56 Å². The maximum absolute atomic E-state index is 12.5. The number of rotatable bonds is 5. The first-order valence-corrected chi connectivity index (χ1v) is 10.3. The van der Waals surface area contributed by atoms with E-state index >= 15 is 0 Å². The molecule has 148 valence electrons. The van der Waals surface area contributed by atoms with Gasteiger partial charge in [0.05, 0.1) is 18.4 Å². The van der Waals surface area contributed by atoms with E-state index < -0.39 is 10.0 Å². The van der Waals surface area contributed by atoms with E-state index in [0.717, 1.165) is 11.4 Å². The highest BCUT2D eigenvalue weighted by Crippen LogP contribution is 2.25. The first-order valence-electron chi connectivity index (χ1n) is 8.84. The number of hydrogen-bond donors (Lipinski definition) is 0. The van der Waals surface area contributed by atoms with Gasteiger partial charge in [0, 0.05) is 44.0 Å². The Morgan fingerprint density at radius 2 is 1.93 bits per heavy atom. The monoisotopic (exact) mass is 403 g/mol. The predicted octanol–water partition coefficient (Wildman–Crippen LogP) is 0.100. The smallest absolute Gasteiger partial charge is 0.266 e.